The van der Waals surface area contributed by atoms with Gasteiger partial charge in [0.1, 0.15) is 0 Å². The topological polar surface area (TPSA) is 84.5 Å². The Balaban J connectivity index is 1.70. The molecule has 2 aromatic heterocycles. The summed E-state index contributed by atoms with van der Waals surface area (Å²) in [5.41, 5.74) is 1.99. The Morgan fingerprint density at radius 1 is 1.25 bits per heavy atom. The molecule has 0 N–H and O–H groups in total. The lowest BCUT2D eigenvalue weighted by atomic mass is 10.1. The highest BCUT2D eigenvalue weighted by molar-refractivity contribution is 7.99. The molecule has 3 rings (SSSR count). The van der Waals surface area contributed by atoms with Gasteiger partial charge >= 0.3 is 0 Å². The number of nitrogens with zero attached hydrogens (tertiary/aromatic N) is 5. The first-order valence-electron chi connectivity index (χ1n) is 7.15. The van der Waals surface area contributed by atoms with Crippen molar-refractivity contribution in [1.29, 1.82) is 5.26 Å². The van der Waals surface area contributed by atoms with Crippen LogP contribution in [0.3, 0.4) is 0 Å². The number of benzene rings is 1. The highest BCUT2D eigenvalue weighted by Gasteiger charge is 2.13. The van der Waals surface area contributed by atoms with Gasteiger partial charge in [-0.1, -0.05) is 23.9 Å². The first-order chi connectivity index (χ1) is 11.7. The van der Waals surface area contributed by atoms with E-state index in [0.717, 1.165) is 5.56 Å². The van der Waals surface area contributed by atoms with Crippen LogP contribution >= 0.6 is 11.8 Å². The molecule has 0 aliphatic rings. The van der Waals surface area contributed by atoms with Gasteiger partial charge in [-0.15, -0.1) is 10.2 Å². The third kappa shape index (κ3) is 3.34. The summed E-state index contributed by atoms with van der Waals surface area (Å²) in [6.45, 7) is 0. The van der Waals surface area contributed by atoms with Crippen LogP contribution in [0.4, 0.5) is 0 Å². The molecule has 0 amide bonds. The van der Waals surface area contributed by atoms with E-state index in [0.29, 0.717) is 22.1 Å². The zero-order valence-electron chi connectivity index (χ0n) is 12.9. The van der Waals surface area contributed by atoms with E-state index in [1.165, 1.54) is 11.8 Å². The summed E-state index contributed by atoms with van der Waals surface area (Å²) in [7, 11) is 1.86. The highest BCUT2D eigenvalue weighted by atomic mass is 32.2. The van der Waals surface area contributed by atoms with Crippen molar-refractivity contribution >= 4 is 17.5 Å². The smallest absolute Gasteiger partial charge is 0.191 e. The zero-order valence-corrected chi connectivity index (χ0v) is 13.7. The van der Waals surface area contributed by atoms with Gasteiger partial charge in [-0.3, -0.25) is 9.78 Å². The molecule has 0 atom stereocenters. The van der Waals surface area contributed by atoms with E-state index in [9.17, 15) is 4.79 Å². The largest absolute Gasteiger partial charge is 0.305 e. The lowest BCUT2D eigenvalue weighted by Crippen LogP contribution is -2.04. The van der Waals surface area contributed by atoms with Gasteiger partial charge in [-0.05, 0) is 24.3 Å². The van der Waals surface area contributed by atoms with Crippen LogP contribution < -0.4 is 0 Å². The second-order valence-corrected chi connectivity index (χ2v) is 5.95. The van der Waals surface area contributed by atoms with Crippen molar-refractivity contribution in [3.8, 4) is 17.5 Å². The summed E-state index contributed by atoms with van der Waals surface area (Å²) < 4.78 is 1.84. The van der Waals surface area contributed by atoms with Crippen LogP contribution in [0.25, 0.3) is 11.4 Å². The Hall–Kier alpha value is -2.98. The van der Waals surface area contributed by atoms with E-state index < -0.39 is 0 Å². The minimum atomic E-state index is -0.0181. The maximum Gasteiger partial charge on any atom is 0.191 e. The van der Waals surface area contributed by atoms with Gasteiger partial charge in [0.2, 0.25) is 0 Å². The average Bonchev–Trinajstić information content (AvgIpc) is 3.01. The van der Waals surface area contributed by atoms with E-state index in [2.05, 4.69) is 15.2 Å². The molecule has 0 aliphatic carbocycles. The summed E-state index contributed by atoms with van der Waals surface area (Å²) in [5.74, 6) is 0.942. The van der Waals surface area contributed by atoms with Crippen LogP contribution in [0.15, 0.2) is 53.9 Å². The van der Waals surface area contributed by atoms with Crippen molar-refractivity contribution in [2.75, 3.05) is 5.75 Å². The van der Waals surface area contributed by atoms with Crippen LogP contribution in [0.2, 0.25) is 0 Å². The van der Waals surface area contributed by atoms with Crippen molar-refractivity contribution in [3.05, 3.63) is 59.9 Å². The number of rotatable bonds is 5. The minimum absolute atomic E-state index is 0.0181. The lowest BCUT2D eigenvalue weighted by molar-refractivity contribution is 0.102. The summed E-state index contributed by atoms with van der Waals surface area (Å²) in [4.78, 5) is 16.3. The average molecular weight is 335 g/mol. The molecule has 1 aromatic carbocycles. The first kappa shape index (κ1) is 15.9. The van der Waals surface area contributed by atoms with Crippen LogP contribution in [-0.4, -0.2) is 31.3 Å². The van der Waals surface area contributed by atoms with Gasteiger partial charge in [0.25, 0.3) is 0 Å². The van der Waals surface area contributed by atoms with Gasteiger partial charge in [0.05, 0.1) is 17.4 Å². The molecular formula is C17H13N5OS. The van der Waals surface area contributed by atoms with Crippen molar-refractivity contribution in [2.24, 2.45) is 7.05 Å². The number of ketones is 1. The Labute approximate surface area is 143 Å². The Morgan fingerprint density at radius 3 is 2.71 bits per heavy atom. The van der Waals surface area contributed by atoms with Gasteiger partial charge in [0, 0.05) is 30.6 Å². The third-order valence-corrected chi connectivity index (χ3v) is 4.44. The standard InChI is InChI=1S/C17H13N5OS/c1-22-16(14-3-2-8-19-10-14)20-21-17(22)24-11-15(23)13-6-4-12(9-18)5-7-13/h2-8,10H,11H2,1H3. The second-order valence-electron chi connectivity index (χ2n) is 5.01. The van der Waals surface area contributed by atoms with E-state index >= 15 is 0 Å². The molecule has 2 heterocycles. The predicted molar refractivity (Wildman–Crippen MR) is 90.4 cm³/mol. The van der Waals surface area contributed by atoms with Gasteiger partial charge < -0.3 is 4.57 Å². The maximum absolute atomic E-state index is 12.2. The van der Waals surface area contributed by atoms with E-state index in [-0.39, 0.29) is 11.5 Å². The highest BCUT2D eigenvalue weighted by Crippen LogP contribution is 2.22. The lowest BCUT2D eigenvalue weighted by Gasteiger charge is -2.03. The molecule has 0 fully saturated rings. The molecule has 0 saturated carbocycles. The molecule has 24 heavy (non-hydrogen) atoms. The van der Waals surface area contributed by atoms with Crippen molar-refractivity contribution < 1.29 is 4.79 Å². The number of hydrogen-bond acceptors (Lipinski definition) is 6. The van der Waals surface area contributed by atoms with Crippen LogP contribution in [0.5, 0.6) is 0 Å². The molecule has 0 unspecified atom stereocenters. The van der Waals surface area contributed by atoms with Crippen molar-refractivity contribution in [2.45, 2.75) is 5.16 Å². The molecule has 0 saturated heterocycles. The number of hydrogen-bond donors (Lipinski definition) is 0. The first-order valence-corrected chi connectivity index (χ1v) is 8.13. The number of nitriles is 1. The number of Topliss-reactive ketones (excluding diaryl/α,β-unsaturated/α-hetero) is 1. The Kier molecular flexibility index (Phi) is 4.68. The summed E-state index contributed by atoms with van der Waals surface area (Å²) in [6, 6.07) is 12.4. The Morgan fingerprint density at radius 2 is 2.04 bits per heavy atom. The molecule has 6 nitrogen and oxygen atoms in total. The fourth-order valence-electron chi connectivity index (χ4n) is 2.13. The molecule has 7 heteroatoms. The van der Waals surface area contributed by atoms with E-state index in [4.69, 9.17) is 5.26 Å². The monoisotopic (exact) mass is 335 g/mol. The van der Waals surface area contributed by atoms with Crippen LogP contribution in [0, 0.1) is 11.3 Å². The molecular weight excluding hydrogens is 322 g/mol. The summed E-state index contributed by atoms with van der Waals surface area (Å²) in [6.07, 6.45) is 3.42. The number of pyridine rings is 1. The fraction of sp³-hybridized carbons (Fsp3) is 0.118. The normalized spacial score (nSPS) is 10.3. The predicted octanol–water partition coefficient (Wildman–Crippen LogP) is 2.72. The van der Waals surface area contributed by atoms with Gasteiger partial charge in [-0.25, -0.2) is 0 Å². The number of carbonyl (C=O) groups is 1. The summed E-state index contributed by atoms with van der Waals surface area (Å²) in [5, 5.41) is 17.7. The van der Waals surface area contributed by atoms with Gasteiger partial charge in [0.15, 0.2) is 16.8 Å². The third-order valence-electron chi connectivity index (χ3n) is 3.42. The number of carbonyl (C=O) groups excluding carboxylic acids is 1. The quantitative estimate of drug-likeness (QED) is 0.526. The van der Waals surface area contributed by atoms with Crippen molar-refractivity contribution in [1.82, 2.24) is 19.7 Å². The molecule has 0 radical (unpaired) electrons. The number of thioether (sulfide) groups is 1. The summed E-state index contributed by atoms with van der Waals surface area (Å²) >= 11 is 1.33. The van der Waals surface area contributed by atoms with Crippen LogP contribution in [-0.2, 0) is 7.05 Å². The van der Waals surface area contributed by atoms with Crippen molar-refractivity contribution in [3.63, 3.8) is 0 Å². The molecule has 0 aliphatic heterocycles. The minimum Gasteiger partial charge on any atom is -0.305 e. The van der Waals surface area contributed by atoms with E-state index in [1.54, 1.807) is 36.7 Å². The fourth-order valence-corrected chi connectivity index (χ4v) is 2.94. The maximum atomic E-state index is 12.2. The number of aromatic nitrogens is 4. The molecule has 0 spiro atoms. The van der Waals surface area contributed by atoms with Crippen LogP contribution in [0.1, 0.15) is 15.9 Å². The second kappa shape index (κ2) is 7.06. The molecule has 3 aromatic rings. The SMILES string of the molecule is Cn1c(SCC(=O)c2ccc(C#N)cc2)nnc1-c1cccnc1. The van der Waals surface area contributed by atoms with E-state index in [1.807, 2.05) is 29.8 Å². The molecule has 0 bridgehead atoms. The van der Waals surface area contributed by atoms with Gasteiger partial charge in [-0.2, -0.15) is 5.26 Å². The Bertz CT molecular complexity index is 897. The zero-order chi connectivity index (χ0) is 16.9. The molecule has 118 valence electrons.